The molecule has 0 amide bonds. The first-order valence-electron chi connectivity index (χ1n) is 6.72. The third-order valence-electron chi connectivity index (χ3n) is 3.22. The lowest BCUT2D eigenvalue weighted by atomic mass is 9.92. The molecule has 0 heterocycles. The fourth-order valence-corrected chi connectivity index (χ4v) is 2.20. The highest BCUT2D eigenvalue weighted by molar-refractivity contribution is 5.36. The SMILES string of the molecule is [CH2]Cc1cccc(CCCC)c1CCCC. The summed E-state index contributed by atoms with van der Waals surface area (Å²) in [6.07, 6.45) is 8.57. The number of unbranched alkanes of at least 4 members (excludes halogenated alkanes) is 2. The molecule has 0 bridgehead atoms. The molecule has 1 rings (SSSR count). The van der Waals surface area contributed by atoms with Crippen LogP contribution in [-0.2, 0) is 19.3 Å². The van der Waals surface area contributed by atoms with Crippen LogP contribution in [-0.4, -0.2) is 0 Å². The van der Waals surface area contributed by atoms with E-state index < -0.39 is 0 Å². The molecule has 1 radical (unpaired) electrons. The van der Waals surface area contributed by atoms with Crippen molar-refractivity contribution in [2.75, 3.05) is 0 Å². The average Bonchev–Trinajstić information content (AvgIpc) is 2.33. The van der Waals surface area contributed by atoms with Gasteiger partial charge in [-0.25, -0.2) is 0 Å². The van der Waals surface area contributed by atoms with Crippen molar-refractivity contribution < 1.29 is 0 Å². The molecule has 1 aromatic carbocycles. The standard InChI is InChI=1S/C16H25/c1-4-7-10-15-12-9-11-14(6-3)16(15)13-8-5-2/h9,11-12H,3-8,10,13H2,1-2H3. The van der Waals surface area contributed by atoms with Gasteiger partial charge in [0.2, 0.25) is 0 Å². The van der Waals surface area contributed by atoms with E-state index in [9.17, 15) is 0 Å². The van der Waals surface area contributed by atoms with Gasteiger partial charge in [-0.3, -0.25) is 0 Å². The van der Waals surface area contributed by atoms with E-state index in [1.54, 1.807) is 11.1 Å². The van der Waals surface area contributed by atoms with E-state index in [4.69, 9.17) is 0 Å². The summed E-state index contributed by atoms with van der Waals surface area (Å²) in [6.45, 7) is 8.57. The first-order chi connectivity index (χ1) is 7.83. The first-order valence-corrected chi connectivity index (χ1v) is 6.72. The molecule has 0 atom stereocenters. The van der Waals surface area contributed by atoms with Crippen molar-refractivity contribution in [3.63, 3.8) is 0 Å². The molecule has 0 heteroatoms. The van der Waals surface area contributed by atoms with Crippen LogP contribution in [0.2, 0.25) is 0 Å². The molecule has 0 fully saturated rings. The quantitative estimate of drug-likeness (QED) is 0.618. The molecular formula is C16H25. The summed E-state index contributed by atoms with van der Waals surface area (Å²) in [5, 5.41) is 0. The molecule has 0 N–H and O–H groups in total. The molecule has 1 aromatic rings. The van der Waals surface area contributed by atoms with E-state index in [0.717, 1.165) is 6.42 Å². The van der Waals surface area contributed by atoms with E-state index in [1.807, 2.05) is 0 Å². The summed E-state index contributed by atoms with van der Waals surface area (Å²) >= 11 is 0. The zero-order valence-corrected chi connectivity index (χ0v) is 10.9. The van der Waals surface area contributed by atoms with Crippen molar-refractivity contribution in [2.24, 2.45) is 0 Å². The highest BCUT2D eigenvalue weighted by Crippen LogP contribution is 2.20. The molecule has 0 unspecified atom stereocenters. The Balaban J connectivity index is 2.86. The van der Waals surface area contributed by atoms with Crippen LogP contribution in [0.1, 0.15) is 56.2 Å². The fourth-order valence-electron chi connectivity index (χ4n) is 2.20. The summed E-state index contributed by atoms with van der Waals surface area (Å²) in [5.74, 6) is 0. The van der Waals surface area contributed by atoms with Gasteiger partial charge >= 0.3 is 0 Å². The maximum Gasteiger partial charge on any atom is -0.0274 e. The third-order valence-corrected chi connectivity index (χ3v) is 3.22. The highest BCUT2D eigenvalue weighted by atomic mass is 14.1. The zero-order valence-electron chi connectivity index (χ0n) is 10.9. The van der Waals surface area contributed by atoms with Crippen molar-refractivity contribution in [2.45, 2.75) is 58.8 Å². The second-order valence-corrected chi connectivity index (χ2v) is 4.51. The van der Waals surface area contributed by atoms with Crippen LogP contribution in [0.15, 0.2) is 18.2 Å². The van der Waals surface area contributed by atoms with Crippen LogP contribution in [0, 0.1) is 6.92 Å². The van der Waals surface area contributed by atoms with Crippen molar-refractivity contribution in [1.29, 1.82) is 0 Å². The van der Waals surface area contributed by atoms with Gasteiger partial charge in [-0.05, 0) is 55.7 Å². The molecule has 16 heavy (non-hydrogen) atoms. The third kappa shape index (κ3) is 3.66. The molecule has 0 aliphatic heterocycles. The van der Waals surface area contributed by atoms with E-state index in [0.29, 0.717) is 0 Å². The van der Waals surface area contributed by atoms with Crippen LogP contribution >= 0.6 is 0 Å². The minimum Gasteiger partial charge on any atom is -0.0654 e. The normalized spacial score (nSPS) is 10.7. The second-order valence-electron chi connectivity index (χ2n) is 4.51. The maximum absolute atomic E-state index is 4.05. The van der Waals surface area contributed by atoms with Gasteiger partial charge in [0, 0.05) is 0 Å². The van der Waals surface area contributed by atoms with Crippen molar-refractivity contribution in [1.82, 2.24) is 0 Å². The number of hydrogen-bond acceptors (Lipinski definition) is 0. The zero-order chi connectivity index (χ0) is 11.8. The van der Waals surface area contributed by atoms with Crippen LogP contribution < -0.4 is 0 Å². The summed E-state index contributed by atoms with van der Waals surface area (Å²) < 4.78 is 0. The maximum atomic E-state index is 4.05. The summed E-state index contributed by atoms with van der Waals surface area (Å²) in [4.78, 5) is 0. The predicted octanol–water partition coefficient (Wildman–Crippen LogP) is 4.75. The molecule has 0 aromatic heterocycles. The Bertz CT molecular complexity index is 299. The van der Waals surface area contributed by atoms with Gasteiger partial charge in [-0.2, -0.15) is 0 Å². The van der Waals surface area contributed by atoms with Gasteiger partial charge in [0.05, 0.1) is 0 Å². The number of benzene rings is 1. The van der Waals surface area contributed by atoms with Crippen LogP contribution in [0.25, 0.3) is 0 Å². The molecule has 0 spiro atoms. The molecule has 0 nitrogen and oxygen atoms in total. The summed E-state index contributed by atoms with van der Waals surface area (Å²) in [6, 6.07) is 6.74. The molecule has 0 aliphatic carbocycles. The van der Waals surface area contributed by atoms with Crippen LogP contribution in [0.4, 0.5) is 0 Å². The van der Waals surface area contributed by atoms with Crippen molar-refractivity contribution in [3.05, 3.63) is 41.8 Å². The van der Waals surface area contributed by atoms with E-state index in [1.165, 1.54) is 44.1 Å². The molecule has 89 valence electrons. The van der Waals surface area contributed by atoms with Gasteiger partial charge in [0.1, 0.15) is 0 Å². The van der Waals surface area contributed by atoms with Gasteiger partial charge in [-0.1, -0.05) is 44.9 Å². The minimum absolute atomic E-state index is 0.930. The minimum atomic E-state index is 0.930. The van der Waals surface area contributed by atoms with Gasteiger partial charge in [-0.15, -0.1) is 0 Å². The smallest absolute Gasteiger partial charge is 0.0274 e. The first kappa shape index (κ1) is 13.3. The molecule has 0 saturated carbocycles. The number of aryl methyl sites for hydroxylation is 1. The molecular weight excluding hydrogens is 192 g/mol. The fraction of sp³-hybridized carbons (Fsp3) is 0.562. The summed E-state index contributed by atoms with van der Waals surface area (Å²) in [7, 11) is 0. The van der Waals surface area contributed by atoms with E-state index >= 15 is 0 Å². The van der Waals surface area contributed by atoms with E-state index in [-0.39, 0.29) is 0 Å². The Kier molecular flexibility index (Phi) is 6.22. The number of hydrogen-bond donors (Lipinski definition) is 0. The lowest BCUT2D eigenvalue weighted by Gasteiger charge is -2.13. The Morgan fingerprint density at radius 3 is 2.19 bits per heavy atom. The largest absolute Gasteiger partial charge is 0.0654 e. The Morgan fingerprint density at radius 1 is 0.938 bits per heavy atom. The van der Waals surface area contributed by atoms with Gasteiger partial charge in [0.25, 0.3) is 0 Å². The molecule has 0 aliphatic rings. The van der Waals surface area contributed by atoms with Crippen molar-refractivity contribution in [3.8, 4) is 0 Å². The van der Waals surface area contributed by atoms with Crippen molar-refractivity contribution >= 4 is 0 Å². The lowest BCUT2D eigenvalue weighted by Crippen LogP contribution is -2.00. The van der Waals surface area contributed by atoms with E-state index in [2.05, 4.69) is 39.0 Å². The second kappa shape index (κ2) is 7.49. The number of rotatable bonds is 7. The summed E-state index contributed by atoms with van der Waals surface area (Å²) in [5.41, 5.74) is 4.62. The monoisotopic (exact) mass is 217 g/mol. The van der Waals surface area contributed by atoms with Crippen LogP contribution in [0.3, 0.4) is 0 Å². The Morgan fingerprint density at radius 2 is 1.56 bits per heavy atom. The highest BCUT2D eigenvalue weighted by Gasteiger charge is 2.06. The Labute approximate surface area is 101 Å². The van der Waals surface area contributed by atoms with Gasteiger partial charge < -0.3 is 0 Å². The topological polar surface area (TPSA) is 0 Å². The Hall–Kier alpha value is -0.780. The average molecular weight is 217 g/mol. The molecule has 0 saturated heterocycles. The lowest BCUT2D eigenvalue weighted by molar-refractivity contribution is 0.753. The predicted molar refractivity (Wildman–Crippen MR) is 72.7 cm³/mol. The van der Waals surface area contributed by atoms with Crippen LogP contribution in [0.5, 0.6) is 0 Å². The van der Waals surface area contributed by atoms with Gasteiger partial charge in [0.15, 0.2) is 0 Å².